The van der Waals surface area contributed by atoms with Crippen molar-refractivity contribution >= 4 is 20.0 Å². The highest BCUT2D eigenvalue weighted by Crippen LogP contribution is 2.25. The molecule has 1 aromatic heterocycles. The maximum absolute atomic E-state index is 13.0. The van der Waals surface area contributed by atoms with Crippen LogP contribution >= 0.6 is 0 Å². The minimum atomic E-state index is -3.66. The third-order valence-electron chi connectivity index (χ3n) is 5.81. The van der Waals surface area contributed by atoms with E-state index in [-0.39, 0.29) is 9.79 Å². The van der Waals surface area contributed by atoms with Crippen LogP contribution in [0.25, 0.3) is 0 Å². The van der Waals surface area contributed by atoms with E-state index in [4.69, 9.17) is 9.26 Å². The predicted molar refractivity (Wildman–Crippen MR) is 116 cm³/mol. The molecule has 12 heteroatoms. The van der Waals surface area contributed by atoms with Crippen LogP contribution in [-0.4, -0.2) is 88.0 Å². The highest BCUT2D eigenvalue weighted by Gasteiger charge is 2.33. The first-order chi connectivity index (χ1) is 15.2. The number of aryl methyl sites for hydroxylation is 2. The standard InChI is InChI=1S/C20H28N4O6S2/c1-16-20(17(2)30-21-16)32(27,28)23-8-6-22(7-9-23)15-18-4-3-5-19(14-18)31(25,26)24-10-12-29-13-11-24/h3-5,14H,6-13,15H2,1-2H3. The Morgan fingerprint density at radius 1 is 0.906 bits per heavy atom. The van der Waals surface area contributed by atoms with Gasteiger partial charge in [0.25, 0.3) is 0 Å². The Labute approximate surface area is 188 Å². The van der Waals surface area contributed by atoms with E-state index in [1.165, 1.54) is 8.61 Å². The first kappa shape index (κ1) is 23.3. The molecule has 1 aromatic carbocycles. The van der Waals surface area contributed by atoms with Gasteiger partial charge in [-0.15, -0.1) is 0 Å². The van der Waals surface area contributed by atoms with E-state index in [9.17, 15) is 16.8 Å². The summed E-state index contributed by atoms with van der Waals surface area (Å²) in [6, 6.07) is 6.96. The second-order valence-corrected chi connectivity index (χ2v) is 11.8. The molecule has 0 bridgehead atoms. The number of benzene rings is 1. The van der Waals surface area contributed by atoms with Crippen LogP contribution in [0.5, 0.6) is 0 Å². The second kappa shape index (κ2) is 9.20. The van der Waals surface area contributed by atoms with Gasteiger partial charge in [0, 0.05) is 45.8 Å². The van der Waals surface area contributed by atoms with Gasteiger partial charge in [0.15, 0.2) is 5.76 Å². The van der Waals surface area contributed by atoms with E-state index in [0.717, 1.165) is 5.56 Å². The second-order valence-electron chi connectivity index (χ2n) is 8.00. The number of piperazine rings is 1. The summed E-state index contributed by atoms with van der Waals surface area (Å²) in [7, 11) is -7.21. The molecule has 2 saturated heterocycles. The van der Waals surface area contributed by atoms with Gasteiger partial charge < -0.3 is 9.26 Å². The lowest BCUT2D eigenvalue weighted by Gasteiger charge is -2.34. The van der Waals surface area contributed by atoms with E-state index < -0.39 is 20.0 Å². The number of ether oxygens (including phenoxy) is 1. The zero-order valence-electron chi connectivity index (χ0n) is 18.2. The van der Waals surface area contributed by atoms with Gasteiger partial charge in [-0.05, 0) is 31.5 Å². The smallest absolute Gasteiger partial charge is 0.248 e. The Kier molecular flexibility index (Phi) is 6.71. The third-order valence-corrected chi connectivity index (χ3v) is 9.85. The molecule has 0 saturated carbocycles. The zero-order valence-corrected chi connectivity index (χ0v) is 19.9. The normalized spacial score (nSPS) is 19.9. The van der Waals surface area contributed by atoms with E-state index in [1.807, 2.05) is 6.07 Å². The molecule has 0 unspecified atom stereocenters. The molecule has 0 atom stereocenters. The van der Waals surface area contributed by atoms with Gasteiger partial charge in [0.05, 0.1) is 18.1 Å². The average molecular weight is 485 g/mol. The lowest BCUT2D eigenvalue weighted by molar-refractivity contribution is 0.0730. The Bertz CT molecular complexity index is 1140. The van der Waals surface area contributed by atoms with Gasteiger partial charge in [-0.2, -0.15) is 8.61 Å². The molecule has 0 aliphatic carbocycles. The van der Waals surface area contributed by atoms with E-state index in [2.05, 4.69) is 10.1 Å². The average Bonchev–Trinajstić information content (AvgIpc) is 3.13. The van der Waals surface area contributed by atoms with Crippen molar-refractivity contribution in [1.82, 2.24) is 18.7 Å². The van der Waals surface area contributed by atoms with Crippen molar-refractivity contribution in [2.45, 2.75) is 30.2 Å². The number of hydrogen-bond donors (Lipinski definition) is 0. The van der Waals surface area contributed by atoms with Gasteiger partial charge in [0.1, 0.15) is 10.6 Å². The Morgan fingerprint density at radius 2 is 1.56 bits per heavy atom. The Balaban J connectivity index is 1.41. The van der Waals surface area contributed by atoms with Gasteiger partial charge >= 0.3 is 0 Å². The SMILES string of the molecule is Cc1noc(C)c1S(=O)(=O)N1CCN(Cc2cccc(S(=O)(=O)N3CCOCC3)c2)CC1. The fourth-order valence-corrected chi connectivity index (χ4v) is 7.29. The molecule has 4 rings (SSSR count). The topological polar surface area (TPSA) is 113 Å². The van der Waals surface area contributed by atoms with Crippen LogP contribution < -0.4 is 0 Å². The molecule has 2 aromatic rings. The molecule has 0 amide bonds. The summed E-state index contributed by atoms with van der Waals surface area (Å²) in [4.78, 5) is 2.54. The minimum absolute atomic E-state index is 0.145. The largest absolute Gasteiger partial charge is 0.379 e. The van der Waals surface area contributed by atoms with E-state index >= 15 is 0 Å². The number of aromatic nitrogens is 1. The summed E-state index contributed by atoms with van der Waals surface area (Å²) in [5.74, 6) is 0.295. The van der Waals surface area contributed by atoms with E-state index in [1.54, 1.807) is 32.0 Å². The number of nitrogens with zero attached hydrogens (tertiary/aromatic N) is 4. The van der Waals surface area contributed by atoms with Crippen molar-refractivity contribution in [3.8, 4) is 0 Å². The van der Waals surface area contributed by atoms with Gasteiger partial charge in [-0.25, -0.2) is 16.8 Å². The lowest BCUT2D eigenvalue weighted by atomic mass is 10.2. The molecule has 0 N–H and O–H groups in total. The minimum Gasteiger partial charge on any atom is -0.379 e. The zero-order chi connectivity index (χ0) is 22.9. The lowest BCUT2D eigenvalue weighted by Crippen LogP contribution is -2.48. The maximum Gasteiger partial charge on any atom is 0.248 e. The number of hydrogen-bond acceptors (Lipinski definition) is 8. The molecular weight excluding hydrogens is 456 g/mol. The maximum atomic E-state index is 13.0. The van der Waals surface area contributed by atoms with Crippen molar-refractivity contribution in [2.75, 3.05) is 52.5 Å². The van der Waals surface area contributed by atoms with Crippen LogP contribution in [0.2, 0.25) is 0 Å². The van der Waals surface area contributed by atoms with Crippen LogP contribution in [0, 0.1) is 13.8 Å². The van der Waals surface area contributed by atoms with Crippen LogP contribution in [0.4, 0.5) is 0 Å². The quantitative estimate of drug-likeness (QED) is 0.592. The van der Waals surface area contributed by atoms with Crippen LogP contribution in [0.3, 0.4) is 0 Å². The number of rotatable bonds is 6. The summed E-state index contributed by atoms with van der Waals surface area (Å²) >= 11 is 0. The molecule has 0 spiro atoms. The molecule has 176 valence electrons. The monoisotopic (exact) mass is 484 g/mol. The molecule has 2 aliphatic heterocycles. The number of sulfonamides is 2. The van der Waals surface area contributed by atoms with Gasteiger partial charge in [-0.1, -0.05) is 17.3 Å². The Morgan fingerprint density at radius 3 is 2.19 bits per heavy atom. The molecule has 0 radical (unpaired) electrons. The molecule has 2 aliphatic rings. The summed E-state index contributed by atoms with van der Waals surface area (Å²) in [6.07, 6.45) is 0. The first-order valence-corrected chi connectivity index (χ1v) is 13.4. The predicted octanol–water partition coefficient (Wildman–Crippen LogP) is 0.819. The number of morpholine rings is 1. The highest BCUT2D eigenvalue weighted by molar-refractivity contribution is 7.89. The van der Waals surface area contributed by atoms with Crippen molar-refractivity contribution in [1.29, 1.82) is 0 Å². The summed E-state index contributed by atoms with van der Waals surface area (Å²) in [6.45, 7) is 7.06. The summed E-state index contributed by atoms with van der Waals surface area (Å²) in [5.41, 5.74) is 1.24. The van der Waals surface area contributed by atoms with Crippen molar-refractivity contribution in [3.05, 3.63) is 41.3 Å². The first-order valence-electron chi connectivity index (χ1n) is 10.5. The fraction of sp³-hybridized carbons (Fsp3) is 0.550. The third kappa shape index (κ3) is 4.61. The fourth-order valence-electron chi connectivity index (χ4n) is 4.10. The molecule has 10 nitrogen and oxygen atoms in total. The summed E-state index contributed by atoms with van der Waals surface area (Å²) in [5, 5.41) is 3.76. The van der Waals surface area contributed by atoms with Crippen LogP contribution in [-0.2, 0) is 31.3 Å². The molecule has 3 heterocycles. The molecular formula is C20H28N4O6S2. The molecule has 2 fully saturated rings. The van der Waals surface area contributed by atoms with Gasteiger partial charge in [0.2, 0.25) is 20.0 Å². The van der Waals surface area contributed by atoms with Crippen molar-refractivity contribution < 1.29 is 26.1 Å². The van der Waals surface area contributed by atoms with Crippen LogP contribution in [0.15, 0.2) is 38.6 Å². The summed E-state index contributed by atoms with van der Waals surface area (Å²) < 4.78 is 65.0. The van der Waals surface area contributed by atoms with Gasteiger partial charge in [-0.3, -0.25) is 4.90 Å². The van der Waals surface area contributed by atoms with Crippen molar-refractivity contribution in [2.24, 2.45) is 0 Å². The molecule has 32 heavy (non-hydrogen) atoms. The highest BCUT2D eigenvalue weighted by atomic mass is 32.2. The van der Waals surface area contributed by atoms with Crippen molar-refractivity contribution in [3.63, 3.8) is 0 Å². The Hall–Kier alpha value is -1.83. The van der Waals surface area contributed by atoms with E-state index in [0.29, 0.717) is 70.5 Å². The van der Waals surface area contributed by atoms with Crippen LogP contribution in [0.1, 0.15) is 17.0 Å².